The van der Waals surface area contributed by atoms with E-state index in [1.54, 1.807) is 0 Å². The molecule has 2 heterocycles. The van der Waals surface area contributed by atoms with Gasteiger partial charge < -0.3 is 9.84 Å². The van der Waals surface area contributed by atoms with E-state index in [0.29, 0.717) is 12.0 Å². The Morgan fingerprint density at radius 2 is 1.70 bits per heavy atom. The van der Waals surface area contributed by atoms with Crippen LogP contribution in [-0.2, 0) is 4.74 Å². The van der Waals surface area contributed by atoms with E-state index in [1.165, 1.54) is 51.7 Å². The van der Waals surface area contributed by atoms with Gasteiger partial charge in [0.1, 0.15) is 0 Å². The fraction of sp³-hybridized carbons (Fsp3) is 1.00. The van der Waals surface area contributed by atoms with Crippen LogP contribution in [0.2, 0.25) is 0 Å². The van der Waals surface area contributed by atoms with Crippen molar-refractivity contribution in [2.24, 2.45) is 5.92 Å². The number of morpholine rings is 1. The predicted octanol–water partition coefficient (Wildman–Crippen LogP) is 1.33. The number of aliphatic hydroxyl groups is 1. The fourth-order valence-electron chi connectivity index (χ4n) is 4.30. The van der Waals surface area contributed by atoms with Gasteiger partial charge in [-0.15, -0.1) is 0 Å². The number of nitrogens with zero attached hydrogens (tertiary/aromatic N) is 2. The van der Waals surface area contributed by atoms with Crippen molar-refractivity contribution in [3.05, 3.63) is 0 Å². The number of aliphatic hydroxyl groups excluding tert-OH is 1. The second kappa shape index (κ2) is 7.21. The molecular formula is C16H30N2O2. The Hall–Kier alpha value is -0.160. The zero-order valence-electron chi connectivity index (χ0n) is 12.7. The minimum atomic E-state index is -0.0438. The normalized spacial score (nSPS) is 37.4. The SMILES string of the molecule is OC1CCCCC1C1CCCN1CCN1CCOCC1. The van der Waals surface area contributed by atoms with Crippen LogP contribution in [0.3, 0.4) is 0 Å². The van der Waals surface area contributed by atoms with E-state index in [9.17, 15) is 5.11 Å². The standard InChI is InChI=1S/C16H30N2O2/c19-16-6-2-1-4-14(16)15-5-3-7-18(15)9-8-17-10-12-20-13-11-17/h14-16,19H,1-13H2. The maximum Gasteiger partial charge on any atom is 0.0594 e. The molecule has 0 bridgehead atoms. The summed E-state index contributed by atoms with van der Waals surface area (Å²) in [6.45, 7) is 7.54. The van der Waals surface area contributed by atoms with Gasteiger partial charge in [0, 0.05) is 38.1 Å². The molecule has 0 aromatic carbocycles. The van der Waals surface area contributed by atoms with Crippen LogP contribution in [0.15, 0.2) is 0 Å². The Morgan fingerprint density at radius 3 is 2.50 bits per heavy atom. The molecule has 4 heteroatoms. The first kappa shape index (κ1) is 14.8. The Bertz CT molecular complexity index is 294. The van der Waals surface area contributed by atoms with Crippen molar-refractivity contribution in [2.45, 2.75) is 50.7 Å². The highest BCUT2D eigenvalue weighted by molar-refractivity contribution is 4.90. The van der Waals surface area contributed by atoms with Gasteiger partial charge in [0.05, 0.1) is 19.3 Å². The summed E-state index contributed by atoms with van der Waals surface area (Å²) in [5.41, 5.74) is 0. The van der Waals surface area contributed by atoms with Crippen molar-refractivity contribution in [2.75, 3.05) is 45.9 Å². The van der Waals surface area contributed by atoms with Gasteiger partial charge in [0.15, 0.2) is 0 Å². The summed E-state index contributed by atoms with van der Waals surface area (Å²) in [6.07, 6.45) is 7.37. The monoisotopic (exact) mass is 282 g/mol. The van der Waals surface area contributed by atoms with Crippen LogP contribution in [0.25, 0.3) is 0 Å². The van der Waals surface area contributed by atoms with Gasteiger partial charge in [-0.3, -0.25) is 9.80 Å². The van der Waals surface area contributed by atoms with Crippen molar-refractivity contribution in [3.63, 3.8) is 0 Å². The molecule has 0 aromatic rings. The van der Waals surface area contributed by atoms with Gasteiger partial charge >= 0.3 is 0 Å². The maximum absolute atomic E-state index is 10.3. The Kier molecular flexibility index (Phi) is 5.32. The molecule has 3 aliphatic rings. The molecule has 2 aliphatic heterocycles. The molecule has 1 aliphatic carbocycles. The van der Waals surface area contributed by atoms with E-state index < -0.39 is 0 Å². The van der Waals surface area contributed by atoms with Gasteiger partial charge in [0.25, 0.3) is 0 Å². The maximum atomic E-state index is 10.3. The molecule has 20 heavy (non-hydrogen) atoms. The van der Waals surface area contributed by atoms with Crippen LogP contribution in [0.5, 0.6) is 0 Å². The Morgan fingerprint density at radius 1 is 0.900 bits per heavy atom. The number of hydrogen-bond acceptors (Lipinski definition) is 4. The van der Waals surface area contributed by atoms with Crippen molar-refractivity contribution < 1.29 is 9.84 Å². The molecule has 0 spiro atoms. The third-order valence-electron chi connectivity index (χ3n) is 5.50. The highest BCUT2D eigenvalue weighted by Crippen LogP contribution is 2.34. The van der Waals surface area contributed by atoms with Crippen LogP contribution >= 0.6 is 0 Å². The average molecular weight is 282 g/mol. The average Bonchev–Trinajstić information content (AvgIpc) is 2.95. The summed E-state index contributed by atoms with van der Waals surface area (Å²) in [6, 6.07) is 0.645. The summed E-state index contributed by atoms with van der Waals surface area (Å²) in [5, 5.41) is 10.3. The van der Waals surface area contributed by atoms with Crippen molar-refractivity contribution >= 4 is 0 Å². The van der Waals surface area contributed by atoms with E-state index in [-0.39, 0.29) is 6.10 Å². The second-order valence-electron chi connectivity index (χ2n) is 6.72. The molecule has 3 unspecified atom stereocenters. The first-order valence-electron chi connectivity index (χ1n) is 8.57. The minimum Gasteiger partial charge on any atom is -0.393 e. The van der Waals surface area contributed by atoms with Crippen LogP contribution in [0.1, 0.15) is 38.5 Å². The molecule has 116 valence electrons. The summed E-state index contributed by atoms with van der Waals surface area (Å²) >= 11 is 0. The lowest BCUT2D eigenvalue weighted by molar-refractivity contribution is 0.0102. The minimum absolute atomic E-state index is 0.0438. The molecule has 0 radical (unpaired) electrons. The number of rotatable bonds is 4. The number of likely N-dealkylation sites (tertiary alicyclic amines) is 1. The molecule has 1 saturated carbocycles. The number of ether oxygens (including phenoxy) is 1. The first-order chi connectivity index (χ1) is 9.84. The topological polar surface area (TPSA) is 35.9 Å². The zero-order valence-corrected chi connectivity index (χ0v) is 12.7. The Balaban J connectivity index is 1.49. The van der Waals surface area contributed by atoms with E-state index >= 15 is 0 Å². The molecular weight excluding hydrogens is 252 g/mol. The van der Waals surface area contributed by atoms with Crippen LogP contribution in [-0.4, -0.2) is 73.0 Å². The van der Waals surface area contributed by atoms with Gasteiger partial charge in [0.2, 0.25) is 0 Å². The third-order valence-corrected chi connectivity index (χ3v) is 5.50. The molecule has 3 fully saturated rings. The number of hydrogen-bond donors (Lipinski definition) is 1. The van der Waals surface area contributed by atoms with Crippen LogP contribution in [0, 0.1) is 5.92 Å². The fourth-order valence-corrected chi connectivity index (χ4v) is 4.30. The van der Waals surface area contributed by atoms with Crippen molar-refractivity contribution in [3.8, 4) is 0 Å². The highest BCUT2D eigenvalue weighted by Gasteiger charge is 2.36. The summed E-state index contributed by atoms with van der Waals surface area (Å²) in [5.74, 6) is 0.538. The summed E-state index contributed by atoms with van der Waals surface area (Å²) in [7, 11) is 0. The van der Waals surface area contributed by atoms with E-state index in [4.69, 9.17) is 4.74 Å². The molecule has 3 rings (SSSR count). The van der Waals surface area contributed by atoms with Gasteiger partial charge in [-0.25, -0.2) is 0 Å². The Labute approximate surface area is 123 Å². The van der Waals surface area contributed by atoms with Crippen LogP contribution in [0.4, 0.5) is 0 Å². The second-order valence-corrected chi connectivity index (χ2v) is 6.72. The molecule has 2 saturated heterocycles. The molecule has 0 aromatic heterocycles. The van der Waals surface area contributed by atoms with Gasteiger partial charge in [-0.2, -0.15) is 0 Å². The molecule has 0 amide bonds. The summed E-state index contributed by atoms with van der Waals surface area (Å²) in [4.78, 5) is 5.19. The van der Waals surface area contributed by atoms with Crippen molar-refractivity contribution in [1.82, 2.24) is 9.80 Å². The van der Waals surface area contributed by atoms with E-state index in [0.717, 1.165) is 32.7 Å². The predicted molar refractivity (Wildman–Crippen MR) is 79.8 cm³/mol. The smallest absolute Gasteiger partial charge is 0.0594 e. The first-order valence-corrected chi connectivity index (χ1v) is 8.57. The van der Waals surface area contributed by atoms with Crippen molar-refractivity contribution in [1.29, 1.82) is 0 Å². The summed E-state index contributed by atoms with van der Waals surface area (Å²) < 4.78 is 5.41. The third kappa shape index (κ3) is 3.53. The highest BCUT2D eigenvalue weighted by atomic mass is 16.5. The van der Waals surface area contributed by atoms with Gasteiger partial charge in [-0.05, 0) is 32.2 Å². The quantitative estimate of drug-likeness (QED) is 0.844. The van der Waals surface area contributed by atoms with Crippen LogP contribution < -0.4 is 0 Å². The molecule has 1 N–H and O–H groups in total. The lowest BCUT2D eigenvalue weighted by Crippen LogP contribution is -2.46. The lowest BCUT2D eigenvalue weighted by Gasteiger charge is -2.38. The largest absolute Gasteiger partial charge is 0.393 e. The lowest BCUT2D eigenvalue weighted by atomic mass is 9.80. The zero-order chi connectivity index (χ0) is 13.8. The van der Waals surface area contributed by atoms with E-state index in [2.05, 4.69) is 9.80 Å². The molecule has 3 atom stereocenters. The van der Waals surface area contributed by atoms with Gasteiger partial charge in [-0.1, -0.05) is 12.8 Å². The van der Waals surface area contributed by atoms with E-state index in [1.807, 2.05) is 0 Å². The molecule has 4 nitrogen and oxygen atoms in total.